The van der Waals surface area contributed by atoms with Crippen LogP contribution in [0.1, 0.15) is 31.2 Å². The first-order chi connectivity index (χ1) is 11.8. The monoisotopic (exact) mass is 327 g/mol. The van der Waals surface area contributed by atoms with Crippen molar-refractivity contribution < 1.29 is 4.79 Å². The van der Waals surface area contributed by atoms with Gasteiger partial charge in [0.25, 0.3) is 0 Å². The van der Waals surface area contributed by atoms with Gasteiger partial charge in [-0.1, -0.05) is 30.3 Å². The standard InChI is InChI=1S/C18H25N5O/c1-2-22-14-20-21-17(22)11-16-9-6-10-23(13-16)18(24)19-12-15-7-4-3-5-8-15/h3-5,7-8,14,16H,2,6,9-13H2,1H3,(H,19,24). The maximum absolute atomic E-state index is 12.4. The van der Waals surface area contributed by atoms with Crippen molar-refractivity contribution in [3.05, 3.63) is 48.0 Å². The van der Waals surface area contributed by atoms with Crippen molar-refractivity contribution in [3.8, 4) is 0 Å². The lowest BCUT2D eigenvalue weighted by atomic mass is 9.94. The second-order valence-corrected chi connectivity index (χ2v) is 6.34. The van der Waals surface area contributed by atoms with Gasteiger partial charge in [0.05, 0.1) is 0 Å². The van der Waals surface area contributed by atoms with Crippen molar-refractivity contribution >= 4 is 6.03 Å². The van der Waals surface area contributed by atoms with Crippen LogP contribution in [-0.4, -0.2) is 38.8 Å². The Kier molecular flexibility index (Phi) is 5.46. The van der Waals surface area contributed by atoms with E-state index in [1.165, 1.54) is 0 Å². The van der Waals surface area contributed by atoms with Crippen molar-refractivity contribution in [1.29, 1.82) is 0 Å². The van der Waals surface area contributed by atoms with Gasteiger partial charge in [-0.2, -0.15) is 0 Å². The molecule has 0 saturated carbocycles. The lowest BCUT2D eigenvalue weighted by molar-refractivity contribution is 0.164. The Morgan fingerprint density at radius 2 is 2.17 bits per heavy atom. The third-order valence-corrected chi connectivity index (χ3v) is 4.60. The molecule has 2 amide bonds. The maximum Gasteiger partial charge on any atom is 0.317 e. The van der Waals surface area contributed by atoms with E-state index in [0.717, 1.165) is 50.3 Å². The fourth-order valence-corrected chi connectivity index (χ4v) is 3.26. The summed E-state index contributed by atoms with van der Waals surface area (Å²) in [5, 5.41) is 11.2. The predicted octanol–water partition coefficient (Wildman–Crippen LogP) is 2.46. The lowest BCUT2D eigenvalue weighted by Gasteiger charge is -2.32. The van der Waals surface area contributed by atoms with E-state index in [9.17, 15) is 4.79 Å². The van der Waals surface area contributed by atoms with Crippen molar-refractivity contribution in [1.82, 2.24) is 25.0 Å². The summed E-state index contributed by atoms with van der Waals surface area (Å²) < 4.78 is 2.08. The number of likely N-dealkylation sites (tertiary alicyclic amines) is 1. The molecular formula is C18H25N5O. The molecule has 1 aliphatic rings. The number of amides is 2. The van der Waals surface area contributed by atoms with Gasteiger partial charge in [-0.05, 0) is 31.2 Å². The Morgan fingerprint density at radius 1 is 1.33 bits per heavy atom. The van der Waals surface area contributed by atoms with E-state index in [-0.39, 0.29) is 6.03 Å². The van der Waals surface area contributed by atoms with Gasteiger partial charge < -0.3 is 14.8 Å². The van der Waals surface area contributed by atoms with E-state index >= 15 is 0 Å². The zero-order chi connectivity index (χ0) is 16.8. The number of hydrogen-bond donors (Lipinski definition) is 1. The molecule has 1 aromatic heterocycles. The van der Waals surface area contributed by atoms with Crippen LogP contribution in [0.15, 0.2) is 36.7 Å². The molecule has 1 fully saturated rings. The molecule has 1 unspecified atom stereocenters. The van der Waals surface area contributed by atoms with E-state index in [2.05, 4.69) is 27.0 Å². The van der Waals surface area contributed by atoms with Crippen LogP contribution in [0.4, 0.5) is 4.79 Å². The van der Waals surface area contributed by atoms with E-state index in [1.54, 1.807) is 6.33 Å². The highest BCUT2D eigenvalue weighted by Gasteiger charge is 2.24. The minimum Gasteiger partial charge on any atom is -0.334 e. The van der Waals surface area contributed by atoms with Gasteiger partial charge in [-0.3, -0.25) is 0 Å². The second-order valence-electron chi connectivity index (χ2n) is 6.34. The molecule has 0 radical (unpaired) electrons. The van der Waals surface area contributed by atoms with E-state index < -0.39 is 0 Å². The summed E-state index contributed by atoms with van der Waals surface area (Å²) in [5.74, 6) is 1.48. The molecule has 128 valence electrons. The molecule has 24 heavy (non-hydrogen) atoms. The number of carbonyl (C=O) groups excluding carboxylic acids is 1. The molecule has 0 bridgehead atoms. The zero-order valence-electron chi connectivity index (χ0n) is 14.2. The molecule has 0 aliphatic carbocycles. The quantitative estimate of drug-likeness (QED) is 0.917. The number of rotatable bonds is 5. The number of urea groups is 1. The molecule has 1 aliphatic heterocycles. The SMILES string of the molecule is CCn1cnnc1CC1CCCN(C(=O)NCc2ccccc2)C1. The fourth-order valence-electron chi connectivity index (χ4n) is 3.26. The summed E-state index contributed by atoms with van der Waals surface area (Å²) in [6.07, 6.45) is 4.85. The molecule has 1 aromatic carbocycles. The number of carbonyl (C=O) groups is 1. The minimum absolute atomic E-state index is 0.0283. The largest absolute Gasteiger partial charge is 0.334 e. The van der Waals surface area contributed by atoms with Crippen molar-refractivity contribution in [2.45, 2.75) is 39.3 Å². The number of benzene rings is 1. The smallest absolute Gasteiger partial charge is 0.317 e. The predicted molar refractivity (Wildman–Crippen MR) is 92.4 cm³/mol. The van der Waals surface area contributed by atoms with E-state index in [0.29, 0.717) is 12.5 Å². The number of aryl methyl sites for hydroxylation is 1. The first-order valence-corrected chi connectivity index (χ1v) is 8.69. The molecule has 1 N–H and O–H groups in total. The molecule has 2 aromatic rings. The molecule has 0 spiro atoms. The first kappa shape index (κ1) is 16.5. The Morgan fingerprint density at radius 3 is 2.96 bits per heavy atom. The van der Waals surface area contributed by atoms with Crippen LogP contribution in [0.25, 0.3) is 0 Å². The molecule has 3 rings (SSSR count). The van der Waals surface area contributed by atoms with Crippen LogP contribution in [0.2, 0.25) is 0 Å². The highest BCUT2D eigenvalue weighted by molar-refractivity contribution is 5.74. The molecule has 2 heterocycles. The average molecular weight is 327 g/mol. The number of nitrogens with zero attached hydrogens (tertiary/aromatic N) is 4. The van der Waals surface area contributed by atoms with Gasteiger partial charge in [0.15, 0.2) is 0 Å². The number of hydrogen-bond acceptors (Lipinski definition) is 3. The Labute approximate surface area is 142 Å². The van der Waals surface area contributed by atoms with Crippen LogP contribution < -0.4 is 5.32 Å². The summed E-state index contributed by atoms with van der Waals surface area (Å²) in [5.41, 5.74) is 1.12. The topological polar surface area (TPSA) is 63.1 Å². The Balaban J connectivity index is 1.52. The van der Waals surface area contributed by atoms with E-state index in [1.807, 2.05) is 35.2 Å². The highest BCUT2D eigenvalue weighted by atomic mass is 16.2. The number of nitrogens with one attached hydrogen (secondary N) is 1. The third kappa shape index (κ3) is 4.13. The van der Waals surface area contributed by atoms with Crippen LogP contribution in [-0.2, 0) is 19.5 Å². The maximum atomic E-state index is 12.4. The van der Waals surface area contributed by atoms with Gasteiger partial charge in [0.2, 0.25) is 0 Å². The molecule has 1 saturated heterocycles. The van der Waals surface area contributed by atoms with Crippen molar-refractivity contribution in [3.63, 3.8) is 0 Å². The summed E-state index contributed by atoms with van der Waals surface area (Å²) in [6.45, 7) is 5.17. The Hall–Kier alpha value is -2.37. The zero-order valence-corrected chi connectivity index (χ0v) is 14.2. The van der Waals surface area contributed by atoms with Gasteiger partial charge in [0, 0.05) is 32.6 Å². The van der Waals surface area contributed by atoms with Gasteiger partial charge in [-0.25, -0.2) is 4.79 Å². The van der Waals surface area contributed by atoms with Gasteiger partial charge in [-0.15, -0.1) is 10.2 Å². The lowest BCUT2D eigenvalue weighted by Crippen LogP contribution is -2.45. The second kappa shape index (κ2) is 7.95. The molecule has 6 heteroatoms. The third-order valence-electron chi connectivity index (χ3n) is 4.60. The van der Waals surface area contributed by atoms with Crippen molar-refractivity contribution in [2.24, 2.45) is 5.92 Å². The van der Waals surface area contributed by atoms with Gasteiger partial charge >= 0.3 is 6.03 Å². The summed E-state index contributed by atoms with van der Waals surface area (Å²) in [7, 11) is 0. The summed E-state index contributed by atoms with van der Waals surface area (Å²) in [6, 6.07) is 10.0. The first-order valence-electron chi connectivity index (χ1n) is 8.69. The normalized spacial score (nSPS) is 17.7. The van der Waals surface area contributed by atoms with E-state index in [4.69, 9.17) is 0 Å². The van der Waals surface area contributed by atoms with Crippen LogP contribution in [0, 0.1) is 5.92 Å². The number of piperidine rings is 1. The minimum atomic E-state index is 0.0283. The molecule has 6 nitrogen and oxygen atoms in total. The highest BCUT2D eigenvalue weighted by Crippen LogP contribution is 2.20. The van der Waals surface area contributed by atoms with Crippen LogP contribution in [0.5, 0.6) is 0 Å². The Bertz CT molecular complexity index is 654. The molecule has 1 atom stereocenters. The fraction of sp³-hybridized carbons (Fsp3) is 0.500. The average Bonchev–Trinajstić information content (AvgIpc) is 3.08. The van der Waals surface area contributed by atoms with Crippen molar-refractivity contribution in [2.75, 3.05) is 13.1 Å². The van der Waals surface area contributed by atoms with Gasteiger partial charge in [0.1, 0.15) is 12.2 Å². The van der Waals surface area contributed by atoms with Crippen LogP contribution in [0.3, 0.4) is 0 Å². The van der Waals surface area contributed by atoms with Crippen LogP contribution >= 0.6 is 0 Å². The summed E-state index contributed by atoms with van der Waals surface area (Å²) in [4.78, 5) is 14.4. The number of aromatic nitrogens is 3. The molecular weight excluding hydrogens is 302 g/mol. The summed E-state index contributed by atoms with van der Waals surface area (Å²) >= 11 is 0.